The van der Waals surface area contributed by atoms with E-state index in [-0.39, 0.29) is 23.8 Å². The SMILES string of the molecule is COc1ccc(CC(NC(C)=O)C(=O)NC2CCN(C(=O)c3cnccn3)CC2)cc1OC. The number of likely N-dealkylation sites (tertiary alicyclic amines) is 1. The summed E-state index contributed by atoms with van der Waals surface area (Å²) in [6, 6.07) is 4.56. The van der Waals surface area contributed by atoms with Crippen LogP contribution in [0.3, 0.4) is 0 Å². The summed E-state index contributed by atoms with van der Waals surface area (Å²) in [5, 5.41) is 5.75. The normalized spacial score (nSPS) is 14.8. The van der Waals surface area contributed by atoms with Gasteiger partial charge in [0.25, 0.3) is 5.91 Å². The number of methoxy groups -OCH3 is 2. The van der Waals surface area contributed by atoms with Crippen molar-refractivity contribution in [3.8, 4) is 11.5 Å². The molecule has 1 unspecified atom stereocenters. The monoisotopic (exact) mass is 455 g/mol. The maximum atomic E-state index is 13.0. The number of rotatable bonds is 8. The first-order valence-corrected chi connectivity index (χ1v) is 10.7. The van der Waals surface area contributed by atoms with E-state index in [2.05, 4.69) is 20.6 Å². The number of hydrogen-bond donors (Lipinski definition) is 2. The average Bonchev–Trinajstić information content (AvgIpc) is 2.83. The highest BCUT2D eigenvalue weighted by Crippen LogP contribution is 2.28. The fraction of sp³-hybridized carbons (Fsp3) is 0.435. The molecule has 1 aromatic carbocycles. The van der Waals surface area contributed by atoms with E-state index >= 15 is 0 Å². The molecule has 33 heavy (non-hydrogen) atoms. The zero-order chi connectivity index (χ0) is 23.8. The van der Waals surface area contributed by atoms with Crippen LogP contribution in [0.5, 0.6) is 11.5 Å². The van der Waals surface area contributed by atoms with Crippen molar-refractivity contribution in [3.05, 3.63) is 48.0 Å². The molecule has 1 aliphatic rings. The van der Waals surface area contributed by atoms with Gasteiger partial charge in [0.2, 0.25) is 11.8 Å². The first-order chi connectivity index (χ1) is 15.9. The molecule has 1 aromatic heterocycles. The van der Waals surface area contributed by atoms with Crippen LogP contribution in [0.15, 0.2) is 36.8 Å². The fourth-order valence-corrected chi connectivity index (χ4v) is 3.80. The van der Waals surface area contributed by atoms with Crippen molar-refractivity contribution in [1.82, 2.24) is 25.5 Å². The molecule has 0 spiro atoms. The molecule has 0 bridgehead atoms. The highest BCUT2D eigenvalue weighted by Gasteiger charge is 2.28. The van der Waals surface area contributed by atoms with Crippen molar-refractivity contribution in [2.45, 2.75) is 38.3 Å². The summed E-state index contributed by atoms with van der Waals surface area (Å²) in [4.78, 5) is 46.9. The van der Waals surface area contributed by atoms with Crippen LogP contribution in [0.2, 0.25) is 0 Å². The van der Waals surface area contributed by atoms with E-state index in [1.54, 1.807) is 31.3 Å². The number of nitrogens with one attached hydrogen (secondary N) is 2. The van der Waals surface area contributed by atoms with Crippen molar-refractivity contribution >= 4 is 17.7 Å². The summed E-state index contributed by atoms with van der Waals surface area (Å²) >= 11 is 0. The van der Waals surface area contributed by atoms with Crippen LogP contribution in [0.25, 0.3) is 0 Å². The quantitative estimate of drug-likeness (QED) is 0.608. The Balaban J connectivity index is 1.59. The van der Waals surface area contributed by atoms with E-state index in [4.69, 9.17) is 9.47 Å². The second kappa shape index (κ2) is 11.3. The molecule has 1 aliphatic heterocycles. The average molecular weight is 456 g/mol. The number of piperidine rings is 1. The molecule has 0 aliphatic carbocycles. The van der Waals surface area contributed by atoms with Gasteiger partial charge in [-0.2, -0.15) is 0 Å². The second-order valence-corrected chi connectivity index (χ2v) is 7.81. The largest absolute Gasteiger partial charge is 0.493 e. The lowest BCUT2D eigenvalue weighted by Crippen LogP contribution is -2.53. The maximum Gasteiger partial charge on any atom is 0.274 e. The van der Waals surface area contributed by atoms with Gasteiger partial charge >= 0.3 is 0 Å². The number of carbonyl (C=O) groups excluding carboxylic acids is 3. The Morgan fingerprint density at radius 1 is 1.12 bits per heavy atom. The number of hydrogen-bond acceptors (Lipinski definition) is 7. The van der Waals surface area contributed by atoms with Gasteiger partial charge in [-0.15, -0.1) is 0 Å². The van der Waals surface area contributed by atoms with E-state index in [1.165, 1.54) is 25.5 Å². The zero-order valence-electron chi connectivity index (χ0n) is 19.0. The van der Waals surface area contributed by atoms with Gasteiger partial charge in [-0.3, -0.25) is 19.4 Å². The molecular formula is C23H29N5O5. The van der Waals surface area contributed by atoms with E-state index in [1.807, 2.05) is 6.07 Å². The Morgan fingerprint density at radius 3 is 2.45 bits per heavy atom. The van der Waals surface area contributed by atoms with Gasteiger partial charge in [0.05, 0.1) is 20.4 Å². The van der Waals surface area contributed by atoms with E-state index in [0.29, 0.717) is 49.5 Å². The Hall–Kier alpha value is -3.69. The summed E-state index contributed by atoms with van der Waals surface area (Å²) in [5.41, 5.74) is 1.13. The zero-order valence-corrected chi connectivity index (χ0v) is 19.0. The number of carbonyl (C=O) groups is 3. The van der Waals surface area contributed by atoms with Crippen LogP contribution < -0.4 is 20.1 Å². The minimum Gasteiger partial charge on any atom is -0.493 e. The highest BCUT2D eigenvalue weighted by atomic mass is 16.5. The summed E-state index contributed by atoms with van der Waals surface area (Å²) in [6.07, 6.45) is 5.98. The number of amides is 3. The number of ether oxygens (including phenoxy) is 2. The second-order valence-electron chi connectivity index (χ2n) is 7.81. The Bertz CT molecular complexity index is 976. The minimum atomic E-state index is -0.736. The Morgan fingerprint density at radius 2 is 1.85 bits per heavy atom. The van der Waals surface area contributed by atoms with Crippen LogP contribution >= 0.6 is 0 Å². The molecule has 0 radical (unpaired) electrons. The third kappa shape index (κ3) is 6.41. The van der Waals surface area contributed by atoms with Crippen LogP contribution in [-0.4, -0.2) is 72.0 Å². The molecule has 1 saturated heterocycles. The first kappa shape index (κ1) is 24.0. The maximum absolute atomic E-state index is 13.0. The molecular weight excluding hydrogens is 426 g/mol. The predicted molar refractivity (Wildman–Crippen MR) is 120 cm³/mol. The molecule has 0 saturated carbocycles. The van der Waals surface area contributed by atoms with Crippen LogP contribution in [0.4, 0.5) is 0 Å². The van der Waals surface area contributed by atoms with Crippen molar-refractivity contribution in [2.75, 3.05) is 27.3 Å². The lowest BCUT2D eigenvalue weighted by atomic mass is 10.0. The molecule has 1 atom stereocenters. The molecule has 3 amide bonds. The fourth-order valence-electron chi connectivity index (χ4n) is 3.80. The Labute approximate surface area is 192 Å². The molecule has 10 heteroatoms. The summed E-state index contributed by atoms with van der Waals surface area (Å²) in [7, 11) is 3.10. The lowest BCUT2D eigenvalue weighted by Gasteiger charge is -2.33. The summed E-state index contributed by atoms with van der Waals surface area (Å²) in [6.45, 7) is 2.38. The van der Waals surface area contributed by atoms with E-state index in [0.717, 1.165) is 5.56 Å². The van der Waals surface area contributed by atoms with E-state index < -0.39 is 6.04 Å². The topological polar surface area (TPSA) is 123 Å². The van der Waals surface area contributed by atoms with Gasteiger partial charge in [-0.1, -0.05) is 6.07 Å². The third-order valence-electron chi connectivity index (χ3n) is 5.49. The Kier molecular flexibility index (Phi) is 8.17. The number of nitrogens with zero attached hydrogens (tertiary/aromatic N) is 3. The standard InChI is InChI=1S/C23H29N5O5/c1-15(29)26-18(12-16-4-5-20(32-2)21(13-16)33-3)22(30)27-17-6-10-28(11-7-17)23(31)19-14-24-8-9-25-19/h4-5,8-9,13-14,17-18H,6-7,10-12H2,1-3H3,(H,26,29)(H,27,30). The van der Waals surface area contributed by atoms with Crippen molar-refractivity contribution in [1.29, 1.82) is 0 Å². The number of aromatic nitrogens is 2. The summed E-state index contributed by atoms with van der Waals surface area (Å²) in [5.74, 6) is 0.415. The molecule has 1 fully saturated rings. The van der Waals surface area contributed by atoms with Crippen LogP contribution in [0, 0.1) is 0 Å². The smallest absolute Gasteiger partial charge is 0.274 e. The lowest BCUT2D eigenvalue weighted by molar-refractivity contribution is -0.128. The third-order valence-corrected chi connectivity index (χ3v) is 5.49. The van der Waals surface area contributed by atoms with Crippen LogP contribution in [-0.2, 0) is 16.0 Å². The van der Waals surface area contributed by atoms with E-state index in [9.17, 15) is 14.4 Å². The molecule has 2 N–H and O–H groups in total. The van der Waals surface area contributed by atoms with Crippen molar-refractivity contribution in [3.63, 3.8) is 0 Å². The van der Waals surface area contributed by atoms with Crippen molar-refractivity contribution in [2.24, 2.45) is 0 Å². The van der Waals surface area contributed by atoms with Gasteiger partial charge < -0.3 is 25.0 Å². The summed E-state index contributed by atoms with van der Waals surface area (Å²) < 4.78 is 10.6. The van der Waals surface area contributed by atoms with Gasteiger partial charge in [-0.05, 0) is 30.5 Å². The molecule has 176 valence electrons. The van der Waals surface area contributed by atoms with Crippen molar-refractivity contribution < 1.29 is 23.9 Å². The van der Waals surface area contributed by atoms with Gasteiger partial charge in [0.15, 0.2) is 11.5 Å². The molecule has 10 nitrogen and oxygen atoms in total. The minimum absolute atomic E-state index is 0.0925. The van der Waals surface area contributed by atoms with Gasteiger partial charge in [0, 0.05) is 44.9 Å². The van der Waals surface area contributed by atoms with Gasteiger partial charge in [0.1, 0.15) is 11.7 Å². The van der Waals surface area contributed by atoms with Gasteiger partial charge in [-0.25, -0.2) is 4.98 Å². The molecule has 2 aromatic rings. The molecule has 2 heterocycles. The molecule has 3 rings (SSSR count). The highest BCUT2D eigenvalue weighted by molar-refractivity contribution is 5.92. The first-order valence-electron chi connectivity index (χ1n) is 10.7. The number of benzene rings is 1. The van der Waals surface area contributed by atoms with Crippen LogP contribution in [0.1, 0.15) is 35.8 Å². The predicted octanol–water partition coefficient (Wildman–Crippen LogP) is 0.962.